The Kier molecular flexibility index (Phi) is 7.50. The first-order valence-electron chi connectivity index (χ1n) is 9.36. The topological polar surface area (TPSA) is 113 Å². The number of carbonyl (C=O) groups excluding carboxylic acids is 2. The fourth-order valence-electron chi connectivity index (χ4n) is 2.83. The third-order valence-electron chi connectivity index (χ3n) is 4.35. The number of anilines is 1. The molecule has 1 atom stereocenters. The summed E-state index contributed by atoms with van der Waals surface area (Å²) >= 11 is 1.58. The normalized spacial score (nSPS) is 15.4. The molecule has 162 valence electrons. The van der Waals surface area contributed by atoms with Crippen molar-refractivity contribution in [3.05, 3.63) is 48.0 Å². The number of aliphatic imine (C=N–C) groups is 1. The zero-order valence-corrected chi connectivity index (χ0v) is 18.2. The summed E-state index contributed by atoms with van der Waals surface area (Å²) in [5.41, 5.74) is 4.12. The second-order valence-electron chi connectivity index (χ2n) is 6.45. The van der Waals surface area contributed by atoms with E-state index >= 15 is 0 Å². The van der Waals surface area contributed by atoms with E-state index in [2.05, 4.69) is 26.2 Å². The molecule has 0 bridgehead atoms. The van der Waals surface area contributed by atoms with Gasteiger partial charge in [0.05, 0.1) is 26.9 Å². The number of nitrogens with zero attached hydrogens (tertiary/aromatic N) is 2. The highest BCUT2D eigenvalue weighted by Gasteiger charge is 2.28. The number of hydrogen-bond donors (Lipinski definition) is 3. The molecule has 0 unspecified atom stereocenters. The lowest BCUT2D eigenvalue weighted by Gasteiger charge is -2.07. The standard InChI is InChI=1S/C21H23N5O4S/c1-29-17-8-7-13(9-18(17)30-2)12-22-26-21-24-16(20(28)25-21)11-19(27)23-14-5-4-6-15(10-14)31-3/h4-10,12,16H,11H2,1-3H3,(H,23,27)(H2,24,25,26,28)/b22-12-/t16-/m1/s1. The minimum absolute atomic E-state index is 0.0695. The predicted molar refractivity (Wildman–Crippen MR) is 121 cm³/mol. The fourth-order valence-corrected chi connectivity index (χ4v) is 3.29. The average Bonchev–Trinajstić information content (AvgIpc) is 3.12. The van der Waals surface area contributed by atoms with Crippen LogP contribution in [0.3, 0.4) is 0 Å². The van der Waals surface area contributed by atoms with E-state index in [1.807, 2.05) is 24.5 Å². The van der Waals surface area contributed by atoms with Crippen molar-refractivity contribution >= 4 is 41.4 Å². The predicted octanol–water partition coefficient (Wildman–Crippen LogP) is 2.23. The zero-order valence-electron chi connectivity index (χ0n) is 17.3. The molecule has 9 nitrogen and oxygen atoms in total. The van der Waals surface area contributed by atoms with Crippen LogP contribution in [0.1, 0.15) is 12.0 Å². The lowest BCUT2D eigenvalue weighted by Crippen LogP contribution is -2.35. The Bertz CT molecular complexity index is 1020. The monoisotopic (exact) mass is 441 g/mol. The van der Waals surface area contributed by atoms with Crippen LogP contribution in [0.15, 0.2) is 57.5 Å². The smallest absolute Gasteiger partial charge is 0.252 e. The number of guanidine groups is 1. The lowest BCUT2D eigenvalue weighted by atomic mass is 10.2. The fraction of sp³-hybridized carbons (Fsp3) is 0.238. The van der Waals surface area contributed by atoms with Gasteiger partial charge in [-0.3, -0.25) is 14.9 Å². The Morgan fingerprint density at radius 3 is 2.77 bits per heavy atom. The van der Waals surface area contributed by atoms with E-state index in [1.165, 1.54) is 0 Å². The summed E-state index contributed by atoms with van der Waals surface area (Å²) in [4.78, 5) is 29.7. The summed E-state index contributed by atoms with van der Waals surface area (Å²) in [7, 11) is 3.11. The van der Waals surface area contributed by atoms with Gasteiger partial charge in [-0.05, 0) is 48.2 Å². The summed E-state index contributed by atoms with van der Waals surface area (Å²) in [5.74, 6) is 0.714. The summed E-state index contributed by atoms with van der Waals surface area (Å²) in [5, 5.41) is 9.44. The van der Waals surface area contributed by atoms with Crippen LogP contribution < -0.4 is 25.5 Å². The number of hydrazone groups is 1. The number of carbonyl (C=O) groups is 2. The molecule has 0 saturated heterocycles. The molecular formula is C21H23N5O4S. The number of nitrogens with one attached hydrogen (secondary N) is 3. The highest BCUT2D eigenvalue weighted by molar-refractivity contribution is 7.98. The molecule has 3 rings (SSSR count). The Hall–Kier alpha value is -3.53. The molecule has 0 spiro atoms. The number of hydrogen-bond acceptors (Lipinski definition) is 8. The van der Waals surface area contributed by atoms with Crippen molar-refractivity contribution in [2.45, 2.75) is 17.4 Å². The van der Waals surface area contributed by atoms with Crippen LogP contribution in [0.5, 0.6) is 11.5 Å². The van der Waals surface area contributed by atoms with Gasteiger partial charge in [0, 0.05) is 10.6 Å². The summed E-state index contributed by atoms with van der Waals surface area (Å²) in [6.07, 6.45) is 3.44. The first kappa shape index (κ1) is 22.2. The molecular weight excluding hydrogens is 418 g/mol. The summed E-state index contributed by atoms with van der Waals surface area (Å²) in [6.45, 7) is 0. The van der Waals surface area contributed by atoms with Crippen molar-refractivity contribution in [3.8, 4) is 11.5 Å². The Balaban J connectivity index is 1.56. The van der Waals surface area contributed by atoms with Gasteiger partial charge in [-0.25, -0.2) is 10.4 Å². The average molecular weight is 442 g/mol. The van der Waals surface area contributed by atoms with Crippen LogP contribution in [0, 0.1) is 0 Å². The van der Waals surface area contributed by atoms with E-state index in [-0.39, 0.29) is 24.2 Å². The number of thioether (sulfide) groups is 1. The maximum atomic E-state index is 12.3. The van der Waals surface area contributed by atoms with E-state index in [0.29, 0.717) is 17.2 Å². The van der Waals surface area contributed by atoms with Gasteiger partial charge in [-0.1, -0.05) is 6.07 Å². The highest BCUT2D eigenvalue weighted by Crippen LogP contribution is 2.26. The van der Waals surface area contributed by atoms with Crippen molar-refractivity contribution in [1.82, 2.24) is 10.7 Å². The molecule has 1 heterocycles. The van der Waals surface area contributed by atoms with E-state index in [1.54, 1.807) is 56.5 Å². The molecule has 3 N–H and O–H groups in total. The highest BCUT2D eigenvalue weighted by atomic mass is 32.2. The number of ether oxygens (including phenoxy) is 2. The number of benzene rings is 2. The lowest BCUT2D eigenvalue weighted by molar-refractivity contribution is -0.123. The van der Waals surface area contributed by atoms with E-state index in [0.717, 1.165) is 10.5 Å². The van der Waals surface area contributed by atoms with Gasteiger partial charge in [0.2, 0.25) is 11.9 Å². The minimum Gasteiger partial charge on any atom is -0.493 e. The van der Waals surface area contributed by atoms with E-state index < -0.39 is 6.04 Å². The van der Waals surface area contributed by atoms with Crippen molar-refractivity contribution in [2.75, 3.05) is 25.8 Å². The maximum Gasteiger partial charge on any atom is 0.252 e. The molecule has 0 radical (unpaired) electrons. The third kappa shape index (κ3) is 5.98. The third-order valence-corrected chi connectivity index (χ3v) is 5.08. The molecule has 31 heavy (non-hydrogen) atoms. The van der Waals surface area contributed by atoms with E-state index in [9.17, 15) is 9.59 Å². The molecule has 2 aromatic rings. The first-order chi connectivity index (χ1) is 15.0. The largest absolute Gasteiger partial charge is 0.493 e. The number of methoxy groups -OCH3 is 2. The Labute approximate surface area is 184 Å². The minimum atomic E-state index is -0.817. The number of amides is 2. The van der Waals surface area contributed by atoms with Crippen LogP contribution in [-0.2, 0) is 9.59 Å². The van der Waals surface area contributed by atoms with Gasteiger partial charge >= 0.3 is 0 Å². The summed E-state index contributed by atoms with van der Waals surface area (Å²) in [6, 6.07) is 12.0. The Morgan fingerprint density at radius 1 is 1.23 bits per heavy atom. The molecule has 0 aromatic heterocycles. The van der Waals surface area contributed by atoms with Crippen molar-refractivity contribution < 1.29 is 19.1 Å². The molecule has 0 fully saturated rings. The second kappa shape index (κ2) is 10.5. The van der Waals surface area contributed by atoms with Crippen LogP contribution in [0.2, 0.25) is 0 Å². The molecule has 0 saturated carbocycles. The van der Waals surface area contributed by atoms with Crippen LogP contribution in [0.25, 0.3) is 0 Å². The molecule has 1 aliphatic rings. The second-order valence-corrected chi connectivity index (χ2v) is 7.33. The maximum absolute atomic E-state index is 12.3. The first-order valence-corrected chi connectivity index (χ1v) is 10.6. The zero-order chi connectivity index (χ0) is 22.2. The van der Waals surface area contributed by atoms with Crippen molar-refractivity contribution in [2.24, 2.45) is 10.1 Å². The van der Waals surface area contributed by atoms with Gasteiger partial charge < -0.3 is 14.8 Å². The van der Waals surface area contributed by atoms with Gasteiger partial charge in [-0.2, -0.15) is 5.10 Å². The summed E-state index contributed by atoms with van der Waals surface area (Å²) < 4.78 is 10.4. The van der Waals surface area contributed by atoms with Gasteiger partial charge in [0.15, 0.2) is 11.5 Å². The Morgan fingerprint density at radius 2 is 2.03 bits per heavy atom. The SMILES string of the molecule is COc1ccc(/C=N\NC2=N[C@H](CC(=O)Nc3cccc(SC)c3)C(=O)N2)cc1OC. The van der Waals surface area contributed by atoms with Crippen molar-refractivity contribution in [1.29, 1.82) is 0 Å². The number of rotatable bonds is 8. The van der Waals surface area contributed by atoms with Gasteiger partial charge in [0.25, 0.3) is 5.91 Å². The molecule has 2 aromatic carbocycles. The van der Waals surface area contributed by atoms with Gasteiger partial charge in [-0.15, -0.1) is 11.8 Å². The molecule has 1 aliphatic heterocycles. The van der Waals surface area contributed by atoms with Crippen molar-refractivity contribution in [3.63, 3.8) is 0 Å². The van der Waals surface area contributed by atoms with Crippen LogP contribution in [-0.4, -0.2) is 50.5 Å². The van der Waals surface area contributed by atoms with Crippen LogP contribution >= 0.6 is 11.8 Å². The van der Waals surface area contributed by atoms with E-state index in [4.69, 9.17) is 9.47 Å². The molecule has 0 aliphatic carbocycles. The van der Waals surface area contributed by atoms with Crippen LogP contribution in [0.4, 0.5) is 5.69 Å². The molecule has 2 amide bonds. The van der Waals surface area contributed by atoms with Gasteiger partial charge in [0.1, 0.15) is 6.04 Å². The quantitative estimate of drug-likeness (QED) is 0.329. The molecule has 10 heteroatoms.